The lowest BCUT2D eigenvalue weighted by Gasteiger charge is -2.52. The van der Waals surface area contributed by atoms with Gasteiger partial charge in [0.2, 0.25) is 5.91 Å². The lowest BCUT2D eigenvalue weighted by molar-refractivity contribution is -0.180. The molecule has 1 saturated heterocycles. The Morgan fingerprint density at radius 1 is 1.20 bits per heavy atom. The first kappa shape index (κ1) is 20.1. The molecule has 0 aliphatic carbocycles. The minimum atomic E-state index is -1.12. The van der Waals surface area contributed by atoms with E-state index in [0.717, 1.165) is 11.1 Å². The van der Waals surface area contributed by atoms with Gasteiger partial charge in [-0.25, -0.2) is 0 Å². The molecule has 158 valence electrons. The number of likely N-dealkylation sites (tertiary alicyclic amines) is 1. The van der Waals surface area contributed by atoms with E-state index in [1.807, 2.05) is 49.4 Å². The molecule has 2 aliphatic rings. The van der Waals surface area contributed by atoms with E-state index in [4.69, 9.17) is 14.2 Å². The van der Waals surface area contributed by atoms with Crippen molar-refractivity contribution >= 4 is 11.9 Å². The zero-order valence-electron chi connectivity index (χ0n) is 17.3. The second-order valence-electron chi connectivity index (χ2n) is 7.87. The molecule has 3 atom stereocenters. The van der Waals surface area contributed by atoms with Gasteiger partial charge in [0.1, 0.15) is 11.7 Å². The predicted molar refractivity (Wildman–Crippen MR) is 109 cm³/mol. The molecule has 1 fully saturated rings. The van der Waals surface area contributed by atoms with Crippen LogP contribution in [-0.4, -0.2) is 48.4 Å². The van der Waals surface area contributed by atoms with Gasteiger partial charge in [-0.05, 0) is 42.7 Å². The van der Waals surface area contributed by atoms with Crippen LogP contribution in [0.3, 0.4) is 0 Å². The van der Waals surface area contributed by atoms with E-state index in [1.165, 1.54) is 0 Å². The molecule has 7 nitrogen and oxygen atoms in total. The monoisotopic (exact) mass is 411 g/mol. The van der Waals surface area contributed by atoms with E-state index in [9.17, 15) is 14.7 Å². The number of para-hydroxylation sites is 1. The zero-order valence-corrected chi connectivity index (χ0v) is 17.3. The first-order chi connectivity index (χ1) is 14.4. The first-order valence-electron chi connectivity index (χ1n) is 9.91. The molecule has 2 heterocycles. The lowest BCUT2D eigenvalue weighted by atomic mass is 9.73. The van der Waals surface area contributed by atoms with Crippen LogP contribution in [0.2, 0.25) is 0 Å². The van der Waals surface area contributed by atoms with Crippen molar-refractivity contribution in [1.29, 1.82) is 0 Å². The third-order valence-corrected chi connectivity index (χ3v) is 6.09. The van der Waals surface area contributed by atoms with E-state index in [0.29, 0.717) is 36.6 Å². The number of carbonyl (C=O) groups is 2. The normalized spacial score (nSPS) is 24.6. The Morgan fingerprint density at radius 3 is 2.63 bits per heavy atom. The SMILES string of the molecule is COc1ccc(CCN2C(=O)[C@@H](C(=O)O)[C@H]3C[C@]2(C)Oc2ccccc23)cc1OC. The number of benzene rings is 2. The number of hydrogen-bond donors (Lipinski definition) is 1. The van der Waals surface area contributed by atoms with E-state index in [1.54, 1.807) is 19.1 Å². The summed E-state index contributed by atoms with van der Waals surface area (Å²) in [5.74, 6) is -1.14. The Labute approximate surface area is 175 Å². The fourth-order valence-electron chi connectivity index (χ4n) is 4.61. The van der Waals surface area contributed by atoms with Gasteiger partial charge in [0.25, 0.3) is 0 Å². The number of carboxylic acids is 1. The van der Waals surface area contributed by atoms with Crippen LogP contribution in [0.4, 0.5) is 0 Å². The highest BCUT2D eigenvalue weighted by Gasteiger charge is 2.56. The second kappa shape index (κ2) is 7.55. The van der Waals surface area contributed by atoms with Crippen LogP contribution in [0.1, 0.15) is 30.4 Å². The summed E-state index contributed by atoms with van der Waals surface area (Å²) in [6.07, 6.45) is 0.975. The molecule has 0 spiro atoms. The van der Waals surface area contributed by atoms with Crippen molar-refractivity contribution in [2.24, 2.45) is 5.92 Å². The van der Waals surface area contributed by atoms with Crippen LogP contribution < -0.4 is 14.2 Å². The maximum absolute atomic E-state index is 13.3. The summed E-state index contributed by atoms with van der Waals surface area (Å²) < 4.78 is 16.9. The molecule has 1 N–H and O–H groups in total. The molecule has 2 bridgehead atoms. The number of carboxylic acid groups (broad SMARTS) is 1. The number of methoxy groups -OCH3 is 2. The van der Waals surface area contributed by atoms with Crippen molar-refractivity contribution < 1.29 is 28.9 Å². The summed E-state index contributed by atoms with van der Waals surface area (Å²) in [5, 5.41) is 9.84. The molecule has 2 aliphatic heterocycles. The Hall–Kier alpha value is -3.22. The number of hydrogen-bond acceptors (Lipinski definition) is 5. The van der Waals surface area contributed by atoms with Crippen LogP contribution in [0.25, 0.3) is 0 Å². The molecule has 0 unspecified atom stereocenters. The van der Waals surface area contributed by atoms with Crippen LogP contribution in [0, 0.1) is 5.92 Å². The van der Waals surface area contributed by atoms with E-state index in [-0.39, 0.29) is 0 Å². The highest BCUT2D eigenvalue weighted by atomic mass is 16.5. The molecule has 2 aromatic carbocycles. The number of fused-ring (bicyclic) bond motifs is 4. The topological polar surface area (TPSA) is 85.3 Å². The molecular weight excluding hydrogens is 386 g/mol. The first-order valence-corrected chi connectivity index (χ1v) is 9.91. The van der Waals surface area contributed by atoms with E-state index >= 15 is 0 Å². The average Bonchev–Trinajstić information content (AvgIpc) is 2.72. The van der Waals surface area contributed by atoms with Crippen molar-refractivity contribution in [2.75, 3.05) is 20.8 Å². The van der Waals surface area contributed by atoms with Gasteiger partial charge in [-0.2, -0.15) is 0 Å². The third kappa shape index (κ3) is 3.24. The highest BCUT2D eigenvalue weighted by Crippen LogP contribution is 2.50. The largest absolute Gasteiger partial charge is 0.493 e. The van der Waals surface area contributed by atoms with E-state index in [2.05, 4.69) is 0 Å². The number of piperidine rings is 1. The maximum Gasteiger partial charge on any atom is 0.316 e. The Morgan fingerprint density at radius 2 is 1.93 bits per heavy atom. The molecule has 0 aromatic heterocycles. The Balaban J connectivity index is 1.64. The number of rotatable bonds is 6. The smallest absolute Gasteiger partial charge is 0.316 e. The molecule has 2 aromatic rings. The summed E-state index contributed by atoms with van der Waals surface area (Å²) in [5.41, 5.74) is 0.850. The summed E-state index contributed by atoms with van der Waals surface area (Å²) >= 11 is 0. The number of amides is 1. The summed E-state index contributed by atoms with van der Waals surface area (Å²) in [6.45, 7) is 2.20. The fraction of sp³-hybridized carbons (Fsp3) is 0.391. The summed E-state index contributed by atoms with van der Waals surface area (Å²) in [7, 11) is 3.15. The Bertz CT molecular complexity index is 989. The highest BCUT2D eigenvalue weighted by molar-refractivity contribution is 5.99. The van der Waals surface area contributed by atoms with Crippen LogP contribution >= 0.6 is 0 Å². The van der Waals surface area contributed by atoms with Gasteiger partial charge in [0.05, 0.1) is 14.2 Å². The van der Waals surface area contributed by atoms with Gasteiger partial charge >= 0.3 is 5.97 Å². The number of ether oxygens (including phenoxy) is 3. The molecular formula is C23H25NO6. The lowest BCUT2D eigenvalue weighted by Crippen LogP contribution is -2.64. The third-order valence-electron chi connectivity index (χ3n) is 6.09. The van der Waals surface area contributed by atoms with Crippen molar-refractivity contribution in [1.82, 2.24) is 4.90 Å². The Kier molecular flexibility index (Phi) is 5.05. The number of aliphatic carboxylic acids is 1. The van der Waals surface area contributed by atoms with Gasteiger partial charge in [-0.15, -0.1) is 0 Å². The van der Waals surface area contributed by atoms with E-state index < -0.39 is 29.4 Å². The van der Waals surface area contributed by atoms with Gasteiger partial charge < -0.3 is 24.2 Å². The molecule has 7 heteroatoms. The van der Waals surface area contributed by atoms with Crippen molar-refractivity contribution in [3.63, 3.8) is 0 Å². The molecule has 1 amide bonds. The standard InChI is InChI=1S/C23H25NO6/c1-23-13-16(15-6-4-5-7-17(15)30-23)20(22(26)27)21(25)24(23)11-10-14-8-9-18(28-2)19(12-14)29-3/h4-9,12,16,20H,10-11,13H2,1-3H3,(H,26,27)/t16-,20-,23-/m0/s1. The summed E-state index contributed by atoms with van der Waals surface area (Å²) in [4.78, 5) is 26.9. The molecule has 0 saturated carbocycles. The van der Waals surface area contributed by atoms with Gasteiger partial charge in [0.15, 0.2) is 17.2 Å². The second-order valence-corrected chi connectivity index (χ2v) is 7.87. The quantitative estimate of drug-likeness (QED) is 0.736. The van der Waals surface area contributed by atoms with Crippen LogP contribution in [-0.2, 0) is 16.0 Å². The molecule has 30 heavy (non-hydrogen) atoms. The fourth-order valence-corrected chi connectivity index (χ4v) is 4.61. The van der Waals surface area contributed by atoms with Crippen molar-refractivity contribution in [3.8, 4) is 17.2 Å². The molecule has 4 rings (SSSR count). The minimum Gasteiger partial charge on any atom is -0.493 e. The maximum atomic E-state index is 13.3. The summed E-state index contributed by atoms with van der Waals surface area (Å²) in [6, 6.07) is 13.0. The minimum absolute atomic E-state index is 0.337. The van der Waals surface area contributed by atoms with Gasteiger partial charge in [0, 0.05) is 18.9 Å². The zero-order chi connectivity index (χ0) is 21.5. The number of nitrogens with zero attached hydrogens (tertiary/aromatic N) is 1. The van der Waals surface area contributed by atoms with Crippen LogP contribution in [0.5, 0.6) is 17.2 Å². The number of carbonyl (C=O) groups excluding carboxylic acids is 1. The van der Waals surface area contributed by atoms with Crippen LogP contribution in [0.15, 0.2) is 42.5 Å². The van der Waals surface area contributed by atoms with Crippen molar-refractivity contribution in [3.05, 3.63) is 53.6 Å². The van der Waals surface area contributed by atoms with Gasteiger partial charge in [-0.3, -0.25) is 9.59 Å². The van der Waals surface area contributed by atoms with Gasteiger partial charge in [-0.1, -0.05) is 24.3 Å². The molecule has 0 radical (unpaired) electrons. The predicted octanol–water partition coefficient (Wildman–Crippen LogP) is 3.07. The van der Waals surface area contributed by atoms with Crippen molar-refractivity contribution in [2.45, 2.75) is 31.4 Å². The average molecular weight is 411 g/mol.